The van der Waals surface area contributed by atoms with Crippen molar-refractivity contribution < 1.29 is 14.2 Å². The van der Waals surface area contributed by atoms with E-state index in [2.05, 4.69) is 34.0 Å². The fourth-order valence-electron chi connectivity index (χ4n) is 3.25. The molecule has 33 heavy (non-hydrogen) atoms. The van der Waals surface area contributed by atoms with Crippen molar-refractivity contribution in [3.05, 3.63) is 111 Å². The van der Waals surface area contributed by atoms with Gasteiger partial charge in [0.25, 0.3) is 0 Å². The number of nitrogens with one attached hydrogen (secondary N) is 1. The zero-order valence-corrected chi connectivity index (χ0v) is 21.0. The third-order valence-corrected chi connectivity index (χ3v) is 6.12. The second-order valence-electron chi connectivity index (χ2n) is 7.28. The number of rotatable bonds is 9. The molecule has 168 valence electrons. The fraction of sp³-hybridized carbons (Fsp3) is 0.111. The minimum atomic E-state index is 0.376. The van der Waals surface area contributed by atoms with Crippen molar-refractivity contribution in [2.75, 3.05) is 12.4 Å². The normalized spacial score (nSPS) is 10.5. The molecule has 0 saturated carbocycles. The number of para-hydroxylation sites is 1. The number of halogens is 2. The first-order chi connectivity index (χ1) is 16.1. The lowest BCUT2D eigenvalue weighted by atomic mass is 10.2. The summed E-state index contributed by atoms with van der Waals surface area (Å²) in [6.07, 6.45) is 0. The number of benzene rings is 4. The smallest absolute Gasteiger partial charge is 0.174 e. The molecule has 0 aliphatic heterocycles. The Kier molecular flexibility index (Phi) is 7.96. The van der Waals surface area contributed by atoms with E-state index in [0.29, 0.717) is 29.7 Å². The van der Waals surface area contributed by atoms with Gasteiger partial charge in [0.15, 0.2) is 11.5 Å². The molecule has 0 aliphatic carbocycles. The van der Waals surface area contributed by atoms with E-state index in [9.17, 15) is 0 Å². The van der Waals surface area contributed by atoms with Crippen LogP contribution in [0.5, 0.6) is 23.0 Å². The van der Waals surface area contributed by atoms with Crippen molar-refractivity contribution in [3.8, 4) is 23.0 Å². The van der Waals surface area contributed by atoms with Crippen LogP contribution in [-0.4, -0.2) is 7.11 Å². The van der Waals surface area contributed by atoms with Gasteiger partial charge in [-0.15, -0.1) is 0 Å². The molecule has 0 atom stereocenters. The van der Waals surface area contributed by atoms with Gasteiger partial charge in [-0.25, -0.2) is 0 Å². The summed E-state index contributed by atoms with van der Waals surface area (Å²) in [5, 5.41) is 4.13. The highest BCUT2D eigenvalue weighted by molar-refractivity contribution is 14.1. The molecule has 6 heteroatoms. The van der Waals surface area contributed by atoms with Gasteiger partial charge in [0.1, 0.15) is 18.1 Å². The van der Waals surface area contributed by atoms with Crippen molar-refractivity contribution in [1.29, 1.82) is 0 Å². The number of anilines is 1. The zero-order chi connectivity index (χ0) is 23.0. The second kappa shape index (κ2) is 11.3. The maximum atomic E-state index is 6.25. The average molecular weight is 572 g/mol. The molecule has 4 aromatic rings. The number of methoxy groups -OCH3 is 1. The van der Waals surface area contributed by atoms with Crippen molar-refractivity contribution in [2.24, 2.45) is 0 Å². The Bertz CT molecular complexity index is 1200. The number of ether oxygens (including phenoxy) is 3. The fourth-order valence-corrected chi connectivity index (χ4v) is 4.26. The molecular weight excluding hydrogens is 549 g/mol. The highest BCUT2D eigenvalue weighted by Gasteiger charge is 2.13. The monoisotopic (exact) mass is 571 g/mol. The Balaban J connectivity index is 1.39. The Morgan fingerprint density at radius 3 is 2.27 bits per heavy atom. The van der Waals surface area contributed by atoms with Gasteiger partial charge in [0, 0.05) is 22.8 Å². The zero-order valence-electron chi connectivity index (χ0n) is 18.1. The molecule has 1 N–H and O–H groups in total. The molecule has 0 aromatic heterocycles. The van der Waals surface area contributed by atoms with Crippen LogP contribution in [0.15, 0.2) is 91.0 Å². The van der Waals surface area contributed by atoms with Crippen molar-refractivity contribution >= 4 is 39.9 Å². The quantitative estimate of drug-likeness (QED) is 0.207. The van der Waals surface area contributed by atoms with Crippen molar-refractivity contribution in [2.45, 2.75) is 13.2 Å². The van der Waals surface area contributed by atoms with Gasteiger partial charge < -0.3 is 19.5 Å². The SMILES string of the molecule is COc1cc(CNc2ccc(Oc3ccccc3)cc2)cc(I)c1OCc1ccccc1Cl. The van der Waals surface area contributed by atoms with Gasteiger partial charge >= 0.3 is 0 Å². The van der Waals surface area contributed by atoms with Gasteiger partial charge in [-0.05, 0) is 82.8 Å². The molecule has 0 aliphatic rings. The number of hydrogen-bond donors (Lipinski definition) is 1. The predicted molar refractivity (Wildman–Crippen MR) is 142 cm³/mol. The van der Waals surface area contributed by atoms with Gasteiger partial charge in [-0.1, -0.05) is 48.0 Å². The third kappa shape index (κ3) is 6.33. The van der Waals surface area contributed by atoms with E-state index >= 15 is 0 Å². The van der Waals surface area contributed by atoms with Crippen LogP contribution in [0, 0.1) is 3.57 Å². The van der Waals surface area contributed by atoms with Crippen LogP contribution >= 0.6 is 34.2 Å². The molecule has 0 fully saturated rings. The van der Waals surface area contributed by atoms with Gasteiger partial charge in [0.2, 0.25) is 0 Å². The van der Waals surface area contributed by atoms with E-state index in [1.54, 1.807) is 7.11 Å². The molecular formula is C27H23ClINO3. The molecule has 4 rings (SSSR count). The van der Waals surface area contributed by atoms with Crippen LogP contribution in [0.1, 0.15) is 11.1 Å². The van der Waals surface area contributed by atoms with Crippen LogP contribution in [0.3, 0.4) is 0 Å². The molecule has 0 saturated heterocycles. The Labute approximate surface area is 212 Å². The van der Waals surface area contributed by atoms with E-state index in [0.717, 1.165) is 31.9 Å². The highest BCUT2D eigenvalue weighted by atomic mass is 127. The molecule has 0 amide bonds. The third-order valence-electron chi connectivity index (χ3n) is 4.95. The molecule has 0 heterocycles. The first-order valence-corrected chi connectivity index (χ1v) is 11.9. The summed E-state index contributed by atoms with van der Waals surface area (Å²) >= 11 is 8.52. The lowest BCUT2D eigenvalue weighted by Crippen LogP contribution is -2.04. The summed E-state index contributed by atoms with van der Waals surface area (Å²) in [4.78, 5) is 0. The Hall–Kier alpha value is -2.90. The predicted octanol–water partition coefficient (Wildman–Crippen LogP) is 7.94. The summed E-state index contributed by atoms with van der Waals surface area (Å²) in [6.45, 7) is 1.02. The van der Waals surface area contributed by atoms with Gasteiger partial charge in [0.05, 0.1) is 10.7 Å². The first-order valence-electron chi connectivity index (χ1n) is 10.4. The van der Waals surface area contributed by atoms with Crippen molar-refractivity contribution in [3.63, 3.8) is 0 Å². The first kappa shape index (κ1) is 23.3. The van der Waals surface area contributed by atoms with E-state index in [-0.39, 0.29) is 0 Å². The van der Waals surface area contributed by atoms with E-state index in [1.165, 1.54) is 0 Å². The molecule has 4 aromatic carbocycles. The van der Waals surface area contributed by atoms with Crippen LogP contribution in [0.25, 0.3) is 0 Å². The van der Waals surface area contributed by atoms with Gasteiger partial charge in [-0.2, -0.15) is 0 Å². The lowest BCUT2D eigenvalue weighted by molar-refractivity contribution is 0.282. The van der Waals surface area contributed by atoms with Gasteiger partial charge in [-0.3, -0.25) is 0 Å². The standard InChI is InChI=1S/C27H23ClINO3/c1-31-26-16-19(15-25(29)27(26)32-18-20-7-5-6-10-24(20)28)17-30-21-11-13-23(14-12-21)33-22-8-3-2-4-9-22/h2-16,30H,17-18H2,1H3. The summed E-state index contributed by atoms with van der Waals surface area (Å²) in [7, 11) is 1.65. The van der Waals surface area contributed by atoms with Crippen LogP contribution < -0.4 is 19.5 Å². The van der Waals surface area contributed by atoms with Crippen LogP contribution in [-0.2, 0) is 13.2 Å². The van der Waals surface area contributed by atoms with E-state index < -0.39 is 0 Å². The Morgan fingerprint density at radius 1 is 0.848 bits per heavy atom. The summed E-state index contributed by atoms with van der Waals surface area (Å²) in [6, 6.07) is 29.4. The number of hydrogen-bond acceptors (Lipinski definition) is 4. The second-order valence-corrected chi connectivity index (χ2v) is 8.85. The average Bonchev–Trinajstić information content (AvgIpc) is 2.84. The Morgan fingerprint density at radius 2 is 1.55 bits per heavy atom. The van der Waals surface area contributed by atoms with Crippen LogP contribution in [0.4, 0.5) is 5.69 Å². The van der Waals surface area contributed by atoms with Crippen molar-refractivity contribution in [1.82, 2.24) is 0 Å². The minimum Gasteiger partial charge on any atom is -0.493 e. The van der Waals surface area contributed by atoms with E-state index in [1.807, 2.05) is 84.9 Å². The largest absolute Gasteiger partial charge is 0.493 e. The summed E-state index contributed by atoms with van der Waals surface area (Å²) in [5.74, 6) is 3.02. The minimum absolute atomic E-state index is 0.376. The van der Waals surface area contributed by atoms with Crippen LogP contribution in [0.2, 0.25) is 5.02 Å². The maximum absolute atomic E-state index is 6.25. The maximum Gasteiger partial charge on any atom is 0.174 e. The molecule has 0 bridgehead atoms. The topological polar surface area (TPSA) is 39.7 Å². The molecule has 0 radical (unpaired) electrons. The lowest BCUT2D eigenvalue weighted by Gasteiger charge is -2.16. The highest BCUT2D eigenvalue weighted by Crippen LogP contribution is 2.35. The molecule has 4 nitrogen and oxygen atoms in total. The summed E-state index contributed by atoms with van der Waals surface area (Å²) < 4.78 is 18.5. The van der Waals surface area contributed by atoms with E-state index in [4.69, 9.17) is 25.8 Å². The summed E-state index contributed by atoms with van der Waals surface area (Å²) in [5.41, 5.74) is 3.02. The molecule has 0 spiro atoms. The molecule has 0 unspecified atom stereocenters.